The summed E-state index contributed by atoms with van der Waals surface area (Å²) in [6, 6.07) is 6.61. The Morgan fingerprint density at radius 3 is 2.50 bits per heavy atom. The Labute approximate surface area is 92.8 Å². The molecule has 1 atom stereocenters. The minimum atomic E-state index is -1.07. The van der Waals surface area contributed by atoms with Crippen LogP contribution in [0.25, 0.3) is 0 Å². The quantitative estimate of drug-likeness (QED) is 0.723. The van der Waals surface area contributed by atoms with Crippen molar-refractivity contribution in [3.8, 4) is 5.75 Å². The summed E-state index contributed by atoms with van der Waals surface area (Å²) >= 11 is 0. The van der Waals surface area contributed by atoms with E-state index < -0.39 is 11.6 Å². The lowest BCUT2D eigenvalue weighted by molar-refractivity contribution is -0.123. The van der Waals surface area contributed by atoms with Crippen LogP contribution in [-0.2, 0) is 10.3 Å². The van der Waals surface area contributed by atoms with Gasteiger partial charge < -0.3 is 10.1 Å². The molecule has 1 fully saturated rings. The number of nitrogens with one attached hydrogen (secondary N) is 2. The molecule has 0 bridgehead atoms. The summed E-state index contributed by atoms with van der Waals surface area (Å²) in [5.41, 5.74) is -0.426. The van der Waals surface area contributed by atoms with E-state index in [4.69, 9.17) is 4.74 Å². The highest BCUT2D eigenvalue weighted by atomic mass is 16.5. The van der Waals surface area contributed by atoms with Crippen molar-refractivity contribution in [1.82, 2.24) is 10.6 Å². The van der Waals surface area contributed by atoms with Gasteiger partial charge in [-0.15, -0.1) is 0 Å². The predicted molar refractivity (Wildman–Crippen MR) is 57.0 cm³/mol. The van der Waals surface area contributed by atoms with Gasteiger partial charge in [0, 0.05) is 5.56 Å². The number of ether oxygens (including phenoxy) is 1. The molecule has 84 valence electrons. The fraction of sp³-hybridized carbons (Fsp3) is 0.273. The van der Waals surface area contributed by atoms with Gasteiger partial charge in [-0.2, -0.15) is 0 Å². The highest BCUT2D eigenvalue weighted by molar-refractivity contribution is 6.07. The van der Waals surface area contributed by atoms with E-state index in [1.165, 1.54) is 7.11 Å². The molecule has 5 nitrogen and oxygen atoms in total. The smallest absolute Gasteiger partial charge is 0.322 e. The molecular formula is C11H12N2O3. The second kappa shape index (κ2) is 3.52. The number of rotatable bonds is 2. The zero-order chi connectivity index (χ0) is 11.8. The fourth-order valence-corrected chi connectivity index (χ4v) is 1.79. The van der Waals surface area contributed by atoms with Gasteiger partial charge in [0.1, 0.15) is 11.3 Å². The van der Waals surface area contributed by atoms with Crippen molar-refractivity contribution in [3.05, 3.63) is 29.8 Å². The van der Waals surface area contributed by atoms with Crippen LogP contribution < -0.4 is 15.4 Å². The maximum Gasteiger partial charge on any atom is 0.322 e. The normalized spacial score (nSPS) is 23.9. The van der Waals surface area contributed by atoms with Crippen molar-refractivity contribution in [3.63, 3.8) is 0 Å². The maximum absolute atomic E-state index is 11.7. The van der Waals surface area contributed by atoms with Gasteiger partial charge in [0.2, 0.25) is 0 Å². The molecule has 2 rings (SSSR count). The van der Waals surface area contributed by atoms with Crippen LogP contribution in [0.4, 0.5) is 4.79 Å². The molecule has 3 amide bonds. The Morgan fingerprint density at radius 1 is 1.25 bits per heavy atom. The van der Waals surface area contributed by atoms with Gasteiger partial charge in [0.05, 0.1) is 7.11 Å². The number of imide groups is 1. The van der Waals surface area contributed by atoms with E-state index in [1.54, 1.807) is 31.2 Å². The fourth-order valence-electron chi connectivity index (χ4n) is 1.79. The van der Waals surface area contributed by atoms with Crippen LogP contribution in [0.3, 0.4) is 0 Å². The molecule has 2 N–H and O–H groups in total. The SMILES string of the molecule is COc1ccccc1C1(C)NC(=O)NC1=O. The summed E-state index contributed by atoms with van der Waals surface area (Å²) < 4.78 is 5.18. The number of amides is 3. The van der Waals surface area contributed by atoms with Crippen molar-refractivity contribution in [2.24, 2.45) is 0 Å². The number of carbonyl (C=O) groups is 2. The molecule has 0 aromatic heterocycles. The van der Waals surface area contributed by atoms with E-state index in [1.807, 2.05) is 0 Å². The van der Waals surface area contributed by atoms with E-state index >= 15 is 0 Å². The molecule has 1 aliphatic rings. The summed E-state index contributed by atoms with van der Waals surface area (Å²) in [5, 5.41) is 4.80. The topological polar surface area (TPSA) is 67.4 Å². The van der Waals surface area contributed by atoms with Crippen molar-refractivity contribution in [1.29, 1.82) is 0 Å². The second-order valence-electron chi connectivity index (χ2n) is 3.73. The van der Waals surface area contributed by atoms with Crippen LogP contribution in [0.2, 0.25) is 0 Å². The first-order chi connectivity index (χ1) is 7.58. The maximum atomic E-state index is 11.7. The molecule has 1 aromatic rings. The van der Waals surface area contributed by atoms with Gasteiger partial charge in [-0.1, -0.05) is 18.2 Å². The Morgan fingerprint density at radius 2 is 1.94 bits per heavy atom. The molecule has 0 radical (unpaired) electrons. The van der Waals surface area contributed by atoms with Crippen LogP contribution >= 0.6 is 0 Å². The molecule has 0 spiro atoms. The number of urea groups is 1. The average molecular weight is 220 g/mol. The Hall–Kier alpha value is -2.04. The number of benzene rings is 1. The van der Waals surface area contributed by atoms with Crippen LogP contribution in [0.1, 0.15) is 12.5 Å². The molecule has 1 aromatic carbocycles. The lowest BCUT2D eigenvalue weighted by Crippen LogP contribution is -2.40. The number of carbonyl (C=O) groups excluding carboxylic acids is 2. The second-order valence-corrected chi connectivity index (χ2v) is 3.73. The van der Waals surface area contributed by atoms with Crippen molar-refractivity contribution < 1.29 is 14.3 Å². The predicted octanol–water partition coefficient (Wildman–Crippen LogP) is 0.750. The Kier molecular flexibility index (Phi) is 2.30. The number of hydrogen-bond acceptors (Lipinski definition) is 3. The third kappa shape index (κ3) is 1.41. The van der Waals surface area contributed by atoms with Crippen molar-refractivity contribution in [2.75, 3.05) is 7.11 Å². The largest absolute Gasteiger partial charge is 0.496 e. The summed E-state index contributed by atoms with van der Waals surface area (Å²) in [7, 11) is 1.52. The van der Waals surface area contributed by atoms with Crippen molar-refractivity contribution in [2.45, 2.75) is 12.5 Å². The zero-order valence-electron chi connectivity index (χ0n) is 9.03. The third-order valence-electron chi connectivity index (χ3n) is 2.69. The number of hydrogen-bond donors (Lipinski definition) is 2. The summed E-state index contributed by atoms with van der Waals surface area (Å²) in [6.07, 6.45) is 0. The van der Waals surface area contributed by atoms with E-state index in [2.05, 4.69) is 10.6 Å². The first-order valence-electron chi connectivity index (χ1n) is 4.85. The molecule has 16 heavy (non-hydrogen) atoms. The molecule has 5 heteroatoms. The van der Waals surface area contributed by atoms with E-state index in [0.717, 1.165) is 0 Å². The third-order valence-corrected chi connectivity index (χ3v) is 2.69. The molecular weight excluding hydrogens is 208 g/mol. The number of para-hydroxylation sites is 1. The van der Waals surface area contributed by atoms with Crippen LogP contribution in [-0.4, -0.2) is 19.0 Å². The highest BCUT2D eigenvalue weighted by Gasteiger charge is 2.44. The zero-order valence-corrected chi connectivity index (χ0v) is 9.03. The van der Waals surface area contributed by atoms with Gasteiger partial charge in [-0.25, -0.2) is 4.79 Å². The van der Waals surface area contributed by atoms with Crippen LogP contribution in [0.15, 0.2) is 24.3 Å². The Bertz CT molecular complexity index is 458. The molecule has 0 saturated carbocycles. The Balaban J connectivity index is 2.51. The molecule has 1 aliphatic heterocycles. The lowest BCUT2D eigenvalue weighted by Gasteiger charge is -2.23. The summed E-state index contributed by atoms with van der Waals surface area (Å²) in [5.74, 6) is 0.198. The molecule has 0 aliphatic carbocycles. The standard InChI is InChI=1S/C11H12N2O3/c1-11(9(14)12-10(15)13-11)7-5-3-4-6-8(7)16-2/h3-6H,1-2H3,(H2,12,13,14,15). The lowest BCUT2D eigenvalue weighted by atomic mass is 9.91. The molecule has 1 unspecified atom stereocenters. The van der Waals surface area contributed by atoms with E-state index in [9.17, 15) is 9.59 Å². The monoisotopic (exact) mass is 220 g/mol. The first kappa shape index (κ1) is 10.5. The summed E-state index contributed by atoms with van der Waals surface area (Å²) in [4.78, 5) is 22.9. The van der Waals surface area contributed by atoms with Gasteiger partial charge in [-0.3, -0.25) is 10.1 Å². The van der Waals surface area contributed by atoms with Gasteiger partial charge in [0.15, 0.2) is 0 Å². The van der Waals surface area contributed by atoms with Gasteiger partial charge >= 0.3 is 6.03 Å². The minimum Gasteiger partial charge on any atom is -0.496 e. The van der Waals surface area contributed by atoms with Crippen molar-refractivity contribution >= 4 is 11.9 Å². The van der Waals surface area contributed by atoms with E-state index in [0.29, 0.717) is 11.3 Å². The molecule has 1 heterocycles. The number of methoxy groups -OCH3 is 1. The van der Waals surface area contributed by atoms with Gasteiger partial charge in [0.25, 0.3) is 5.91 Å². The highest BCUT2D eigenvalue weighted by Crippen LogP contribution is 2.31. The van der Waals surface area contributed by atoms with Gasteiger partial charge in [-0.05, 0) is 13.0 Å². The molecule has 1 saturated heterocycles. The summed E-state index contributed by atoms with van der Waals surface area (Å²) in [6.45, 7) is 1.64. The van der Waals surface area contributed by atoms with Crippen LogP contribution in [0, 0.1) is 0 Å². The average Bonchev–Trinajstić information content (AvgIpc) is 2.53. The minimum absolute atomic E-state index is 0.373. The van der Waals surface area contributed by atoms with Crippen LogP contribution in [0.5, 0.6) is 5.75 Å². The first-order valence-corrected chi connectivity index (χ1v) is 4.85. The van der Waals surface area contributed by atoms with E-state index in [-0.39, 0.29) is 5.91 Å².